The molecule has 1 aromatic rings. The first-order valence-corrected chi connectivity index (χ1v) is 6.35. The van der Waals surface area contributed by atoms with E-state index >= 15 is 0 Å². The average Bonchev–Trinajstić information content (AvgIpc) is 2.41. The van der Waals surface area contributed by atoms with Crippen molar-refractivity contribution >= 4 is 29.7 Å². The summed E-state index contributed by atoms with van der Waals surface area (Å²) in [6.45, 7) is 3.33. The van der Waals surface area contributed by atoms with Crippen LogP contribution in [-0.4, -0.2) is 23.9 Å². The molecule has 0 bridgehead atoms. The normalized spacial score (nSPS) is 15.2. The van der Waals surface area contributed by atoms with Crippen LogP contribution in [0.4, 0.5) is 11.4 Å². The lowest BCUT2D eigenvalue weighted by Gasteiger charge is -2.22. The van der Waals surface area contributed by atoms with Crippen LogP contribution in [0.1, 0.15) is 18.4 Å². The Bertz CT molecular complexity index is 502. The van der Waals surface area contributed by atoms with E-state index in [9.17, 15) is 14.9 Å². The van der Waals surface area contributed by atoms with E-state index in [1.165, 1.54) is 6.07 Å². The lowest BCUT2D eigenvalue weighted by Crippen LogP contribution is -2.34. The molecule has 1 aliphatic rings. The van der Waals surface area contributed by atoms with Crippen LogP contribution in [0.3, 0.4) is 0 Å². The zero-order chi connectivity index (χ0) is 13.8. The molecule has 1 amide bonds. The summed E-state index contributed by atoms with van der Waals surface area (Å²) in [5.41, 5.74) is 1.05. The van der Waals surface area contributed by atoms with Crippen LogP contribution in [0.25, 0.3) is 0 Å². The lowest BCUT2D eigenvalue weighted by molar-refractivity contribution is -0.385. The number of carbonyl (C=O) groups excluding carboxylic acids is 1. The van der Waals surface area contributed by atoms with Crippen molar-refractivity contribution in [1.82, 2.24) is 5.32 Å². The van der Waals surface area contributed by atoms with Gasteiger partial charge in [0.15, 0.2) is 0 Å². The van der Waals surface area contributed by atoms with Crippen LogP contribution in [0, 0.1) is 23.0 Å². The molecule has 0 radical (unpaired) electrons. The van der Waals surface area contributed by atoms with Gasteiger partial charge in [0, 0.05) is 12.0 Å². The van der Waals surface area contributed by atoms with Crippen molar-refractivity contribution in [2.45, 2.75) is 19.8 Å². The van der Waals surface area contributed by atoms with Gasteiger partial charge in [-0.25, -0.2) is 0 Å². The number of halogens is 1. The van der Waals surface area contributed by atoms with Crippen LogP contribution >= 0.6 is 12.4 Å². The van der Waals surface area contributed by atoms with Crippen molar-refractivity contribution in [2.24, 2.45) is 5.92 Å². The van der Waals surface area contributed by atoms with Crippen molar-refractivity contribution < 1.29 is 9.72 Å². The van der Waals surface area contributed by atoms with Gasteiger partial charge in [-0.1, -0.05) is 6.07 Å². The molecule has 110 valence electrons. The van der Waals surface area contributed by atoms with Crippen molar-refractivity contribution in [1.29, 1.82) is 0 Å². The lowest BCUT2D eigenvalue weighted by atomic mass is 9.97. The molecule has 6 nitrogen and oxygen atoms in total. The molecule has 7 heteroatoms. The van der Waals surface area contributed by atoms with E-state index in [0.717, 1.165) is 25.9 Å². The second kappa shape index (κ2) is 7.21. The van der Waals surface area contributed by atoms with Crippen molar-refractivity contribution in [3.05, 3.63) is 33.9 Å². The molecule has 0 spiro atoms. The van der Waals surface area contributed by atoms with Crippen LogP contribution in [0.15, 0.2) is 18.2 Å². The van der Waals surface area contributed by atoms with Gasteiger partial charge in [-0.2, -0.15) is 0 Å². The van der Waals surface area contributed by atoms with Crippen LogP contribution in [-0.2, 0) is 4.79 Å². The second-order valence-corrected chi connectivity index (χ2v) is 4.72. The Morgan fingerprint density at radius 2 is 2.05 bits per heavy atom. The number of carbonyl (C=O) groups is 1. The van der Waals surface area contributed by atoms with E-state index in [4.69, 9.17) is 0 Å². The minimum atomic E-state index is -0.435. The van der Waals surface area contributed by atoms with Crippen LogP contribution < -0.4 is 10.6 Å². The van der Waals surface area contributed by atoms with Crippen molar-refractivity contribution in [2.75, 3.05) is 18.4 Å². The highest BCUT2D eigenvalue weighted by Gasteiger charge is 2.22. The summed E-state index contributed by atoms with van der Waals surface area (Å²) >= 11 is 0. The van der Waals surface area contributed by atoms with E-state index < -0.39 is 4.92 Å². The number of nitrogens with one attached hydrogen (secondary N) is 2. The molecule has 20 heavy (non-hydrogen) atoms. The van der Waals surface area contributed by atoms with E-state index in [-0.39, 0.29) is 29.9 Å². The SMILES string of the molecule is Cc1c(NC(=O)C2CCNCC2)cccc1[N+](=O)[O-].Cl. The Hall–Kier alpha value is -1.66. The second-order valence-electron chi connectivity index (χ2n) is 4.72. The van der Waals surface area contributed by atoms with Crippen LogP contribution in [0.5, 0.6) is 0 Å². The third-order valence-corrected chi connectivity index (χ3v) is 3.47. The fraction of sp³-hybridized carbons (Fsp3) is 0.462. The smallest absolute Gasteiger partial charge is 0.274 e. The third kappa shape index (κ3) is 3.68. The Morgan fingerprint density at radius 3 is 2.65 bits per heavy atom. The van der Waals surface area contributed by atoms with Crippen molar-refractivity contribution in [3.63, 3.8) is 0 Å². The molecular weight excluding hydrogens is 282 g/mol. The Kier molecular flexibility index (Phi) is 5.91. The highest BCUT2D eigenvalue weighted by Crippen LogP contribution is 2.26. The Morgan fingerprint density at radius 1 is 1.40 bits per heavy atom. The molecular formula is C13H18ClN3O3. The first-order chi connectivity index (χ1) is 9.09. The van der Waals surface area contributed by atoms with Crippen molar-refractivity contribution in [3.8, 4) is 0 Å². The Labute approximate surface area is 123 Å². The molecule has 0 aliphatic carbocycles. The number of hydrogen-bond acceptors (Lipinski definition) is 4. The highest BCUT2D eigenvalue weighted by molar-refractivity contribution is 5.93. The van der Waals surface area contributed by atoms with Gasteiger partial charge in [0.05, 0.1) is 16.2 Å². The summed E-state index contributed by atoms with van der Waals surface area (Å²) in [5, 5.41) is 16.8. The maximum Gasteiger partial charge on any atom is 0.274 e. The topological polar surface area (TPSA) is 84.3 Å². The zero-order valence-electron chi connectivity index (χ0n) is 11.2. The monoisotopic (exact) mass is 299 g/mol. The fourth-order valence-corrected chi connectivity index (χ4v) is 2.28. The largest absolute Gasteiger partial charge is 0.325 e. The molecule has 2 N–H and O–H groups in total. The number of hydrogen-bond donors (Lipinski definition) is 2. The highest BCUT2D eigenvalue weighted by atomic mass is 35.5. The van der Waals surface area contributed by atoms with E-state index in [1.807, 2.05) is 0 Å². The number of nitro benzene ring substituents is 1. The summed E-state index contributed by atoms with van der Waals surface area (Å²) < 4.78 is 0. The molecule has 0 unspecified atom stereocenters. The molecule has 1 saturated heterocycles. The molecule has 0 saturated carbocycles. The van der Waals surface area contributed by atoms with Gasteiger partial charge in [0.1, 0.15) is 0 Å². The van der Waals surface area contributed by atoms with E-state index in [0.29, 0.717) is 11.3 Å². The summed E-state index contributed by atoms with van der Waals surface area (Å²) in [7, 11) is 0. The molecule has 0 aromatic heterocycles. The zero-order valence-corrected chi connectivity index (χ0v) is 12.0. The minimum absolute atomic E-state index is 0. The number of piperidine rings is 1. The quantitative estimate of drug-likeness (QED) is 0.662. The molecule has 1 aliphatic heterocycles. The van der Waals surface area contributed by atoms with Gasteiger partial charge in [-0.3, -0.25) is 14.9 Å². The Balaban J connectivity index is 0.00000200. The standard InChI is InChI=1S/C13H17N3O3.ClH/c1-9-11(3-2-4-12(9)16(18)19)15-13(17)10-5-7-14-8-6-10;/h2-4,10,14H,5-8H2,1H3,(H,15,17);1H. The molecule has 0 atom stereocenters. The summed E-state index contributed by atoms with van der Waals surface area (Å²) in [6, 6.07) is 4.72. The summed E-state index contributed by atoms with van der Waals surface area (Å²) in [5.74, 6) is -0.0648. The van der Waals surface area contributed by atoms with E-state index in [2.05, 4.69) is 10.6 Å². The maximum absolute atomic E-state index is 12.1. The number of anilines is 1. The summed E-state index contributed by atoms with van der Waals surface area (Å²) in [4.78, 5) is 22.5. The fourth-order valence-electron chi connectivity index (χ4n) is 2.28. The molecule has 1 heterocycles. The van der Waals surface area contributed by atoms with Gasteiger partial charge in [0.2, 0.25) is 5.91 Å². The number of nitrogens with zero attached hydrogens (tertiary/aromatic N) is 1. The number of nitro groups is 1. The molecule has 1 aromatic carbocycles. The predicted molar refractivity (Wildman–Crippen MR) is 79.3 cm³/mol. The van der Waals surface area contributed by atoms with Crippen LogP contribution in [0.2, 0.25) is 0 Å². The average molecular weight is 300 g/mol. The van der Waals surface area contributed by atoms with Gasteiger partial charge in [0.25, 0.3) is 5.69 Å². The molecule has 1 fully saturated rings. The minimum Gasteiger partial charge on any atom is -0.325 e. The predicted octanol–water partition coefficient (Wildman–Crippen LogP) is 2.26. The van der Waals surface area contributed by atoms with Gasteiger partial charge in [-0.15, -0.1) is 12.4 Å². The first-order valence-electron chi connectivity index (χ1n) is 6.35. The summed E-state index contributed by atoms with van der Waals surface area (Å²) in [6.07, 6.45) is 1.61. The number of rotatable bonds is 3. The van der Waals surface area contributed by atoms with E-state index in [1.54, 1.807) is 19.1 Å². The van der Waals surface area contributed by atoms with Gasteiger partial charge >= 0.3 is 0 Å². The third-order valence-electron chi connectivity index (χ3n) is 3.47. The molecule has 2 rings (SSSR count). The number of benzene rings is 1. The first kappa shape index (κ1) is 16.4. The maximum atomic E-state index is 12.1. The number of amides is 1. The van der Waals surface area contributed by atoms with Gasteiger partial charge in [-0.05, 0) is 38.9 Å². The van der Waals surface area contributed by atoms with Gasteiger partial charge < -0.3 is 10.6 Å².